The smallest absolute Gasteiger partial charge is 0.281 e. The number of ketones is 1. The van der Waals surface area contributed by atoms with Gasteiger partial charge in [0.1, 0.15) is 35.5 Å². The number of hydrogen-bond donors (Lipinski definition) is 10. The SMILES string of the molecule is COC1C(F)=CC(=O)C(C2N(C=O)C(O)(O)C(C)(O)C(N(C(C)(O)CNC(C)=O)C(C)(O)CC(O)O)C2(O)O)C1C. The summed E-state index contributed by atoms with van der Waals surface area (Å²) in [6.07, 6.45) is -4.73. The Morgan fingerprint density at radius 2 is 1.76 bits per heavy atom. The first kappa shape index (κ1) is 35.0. The van der Waals surface area contributed by atoms with Crippen LogP contribution in [0.15, 0.2) is 11.9 Å². The highest BCUT2D eigenvalue weighted by Gasteiger charge is 2.75. The summed E-state index contributed by atoms with van der Waals surface area (Å²) in [6, 6.07) is -5.14. The van der Waals surface area contributed by atoms with E-state index in [2.05, 4.69) is 5.32 Å². The van der Waals surface area contributed by atoms with Crippen molar-refractivity contribution in [2.45, 2.75) is 94.3 Å². The van der Waals surface area contributed by atoms with Crippen LogP contribution in [-0.4, -0.2) is 141 Å². The molecule has 0 aromatic carbocycles. The molecule has 1 heterocycles. The van der Waals surface area contributed by atoms with Crippen molar-refractivity contribution in [1.82, 2.24) is 15.1 Å². The van der Waals surface area contributed by atoms with Crippen LogP contribution >= 0.6 is 0 Å². The maximum Gasteiger partial charge on any atom is 0.281 e. The van der Waals surface area contributed by atoms with E-state index in [1.165, 1.54) is 6.92 Å². The fraction of sp³-hybridized carbons (Fsp3) is 0.792. The third kappa shape index (κ3) is 6.02. The quantitative estimate of drug-likeness (QED) is 0.0841. The third-order valence-corrected chi connectivity index (χ3v) is 7.88. The highest BCUT2D eigenvalue weighted by atomic mass is 19.1. The molecule has 17 heteroatoms. The molecule has 1 fully saturated rings. The number of nitrogens with zero attached hydrogens (tertiary/aromatic N) is 2. The number of likely N-dealkylation sites (tertiary alicyclic amines) is 1. The number of halogens is 1. The maximum atomic E-state index is 14.5. The van der Waals surface area contributed by atoms with Gasteiger partial charge in [-0.15, -0.1) is 0 Å². The molecule has 2 amide bonds. The van der Waals surface area contributed by atoms with E-state index in [9.17, 15) is 64.7 Å². The number of rotatable bonds is 10. The average Bonchev–Trinajstić information content (AvgIpc) is 2.78. The van der Waals surface area contributed by atoms with Gasteiger partial charge in [-0.3, -0.25) is 19.3 Å². The zero-order valence-electron chi connectivity index (χ0n) is 23.5. The second kappa shape index (κ2) is 11.5. The first-order chi connectivity index (χ1) is 18.4. The van der Waals surface area contributed by atoms with Crippen LogP contribution in [0.1, 0.15) is 41.0 Å². The summed E-state index contributed by atoms with van der Waals surface area (Å²) in [5, 5.41) is 102. The molecule has 8 atom stereocenters. The first-order valence-electron chi connectivity index (χ1n) is 12.6. The Kier molecular flexibility index (Phi) is 9.82. The molecular weight excluding hydrogens is 557 g/mol. The number of nitrogens with one attached hydrogen (secondary N) is 1. The van der Waals surface area contributed by atoms with Crippen molar-refractivity contribution in [3.8, 4) is 0 Å². The molecule has 0 aromatic rings. The molecule has 16 nitrogen and oxygen atoms in total. The van der Waals surface area contributed by atoms with Gasteiger partial charge in [-0.25, -0.2) is 9.29 Å². The number of hydrogen-bond acceptors (Lipinski definition) is 14. The van der Waals surface area contributed by atoms with Crippen molar-refractivity contribution in [1.29, 1.82) is 0 Å². The van der Waals surface area contributed by atoms with Gasteiger partial charge in [0.2, 0.25) is 18.1 Å². The molecule has 2 rings (SSSR count). The fourth-order valence-corrected chi connectivity index (χ4v) is 6.12. The van der Waals surface area contributed by atoms with E-state index >= 15 is 0 Å². The Morgan fingerprint density at radius 3 is 2.20 bits per heavy atom. The zero-order valence-corrected chi connectivity index (χ0v) is 23.5. The molecule has 10 N–H and O–H groups in total. The molecule has 1 aliphatic carbocycles. The van der Waals surface area contributed by atoms with Gasteiger partial charge in [0.25, 0.3) is 5.91 Å². The number of aliphatic hydroxyl groups is 9. The summed E-state index contributed by atoms with van der Waals surface area (Å²) in [5.41, 5.74) is -8.78. The fourth-order valence-electron chi connectivity index (χ4n) is 6.12. The Labute approximate surface area is 234 Å². The molecule has 2 aliphatic rings. The van der Waals surface area contributed by atoms with Gasteiger partial charge in [0.15, 0.2) is 17.7 Å². The third-order valence-electron chi connectivity index (χ3n) is 7.88. The normalized spacial score (nSPS) is 34.6. The van der Waals surface area contributed by atoms with Crippen molar-refractivity contribution in [2.75, 3.05) is 13.7 Å². The van der Waals surface area contributed by atoms with Crippen LogP contribution in [0.25, 0.3) is 0 Å². The standard InChI is InChI=1S/C24H40FN3O13/c1-11-16(14(31)7-13(25)17(11)41-6)18-23(37,38)19(22(5,36)24(39,40)27(18)10-29)28(20(3,34)8-15(32)33)21(4,35)9-26-12(2)30/h7,10-11,15-19,32-40H,8-9H2,1-6H3,(H,26,30). The molecule has 1 saturated heterocycles. The Morgan fingerprint density at radius 1 is 1.22 bits per heavy atom. The number of allylic oxidation sites excluding steroid dienone is 1. The van der Waals surface area contributed by atoms with Crippen molar-refractivity contribution in [3.63, 3.8) is 0 Å². The summed E-state index contributed by atoms with van der Waals surface area (Å²) < 4.78 is 19.6. The second-order valence-electron chi connectivity index (χ2n) is 11.3. The predicted octanol–water partition coefficient (Wildman–Crippen LogP) is -4.47. The number of methoxy groups -OCH3 is 1. The predicted molar refractivity (Wildman–Crippen MR) is 133 cm³/mol. The minimum absolute atomic E-state index is 0.0668. The molecule has 0 saturated carbocycles. The van der Waals surface area contributed by atoms with E-state index in [0.29, 0.717) is 13.0 Å². The number of piperidine rings is 1. The van der Waals surface area contributed by atoms with Crippen molar-refractivity contribution >= 4 is 18.1 Å². The molecule has 236 valence electrons. The molecule has 8 unspecified atom stereocenters. The van der Waals surface area contributed by atoms with Crippen LogP contribution in [0.5, 0.6) is 0 Å². The minimum atomic E-state index is -3.79. The van der Waals surface area contributed by atoms with Crippen LogP contribution in [0, 0.1) is 11.8 Å². The van der Waals surface area contributed by atoms with E-state index < -0.39 is 95.5 Å². The topological polar surface area (TPSA) is 261 Å². The van der Waals surface area contributed by atoms with Crippen LogP contribution in [0.2, 0.25) is 0 Å². The first-order valence-corrected chi connectivity index (χ1v) is 12.6. The largest absolute Gasteiger partial charge is 0.380 e. The highest BCUT2D eigenvalue weighted by Crippen LogP contribution is 2.51. The lowest BCUT2D eigenvalue weighted by molar-refractivity contribution is -0.449. The number of ether oxygens (including phenoxy) is 1. The van der Waals surface area contributed by atoms with Crippen LogP contribution in [0.4, 0.5) is 4.39 Å². The van der Waals surface area contributed by atoms with Gasteiger partial charge in [-0.1, -0.05) is 6.92 Å². The number of carbonyl (C=O) groups is 3. The van der Waals surface area contributed by atoms with E-state index in [0.717, 1.165) is 27.9 Å². The van der Waals surface area contributed by atoms with Crippen molar-refractivity contribution in [2.24, 2.45) is 11.8 Å². The summed E-state index contributed by atoms with van der Waals surface area (Å²) in [4.78, 5) is 37.2. The molecule has 0 radical (unpaired) electrons. The van der Waals surface area contributed by atoms with E-state index in [1.807, 2.05) is 0 Å². The second-order valence-corrected chi connectivity index (χ2v) is 11.3. The lowest BCUT2D eigenvalue weighted by Gasteiger charge is -2.65. The van der Waals surface area contributed by atoms with Gasteiger partial charge < -0.3 is 56.0 Å². The van der Waals surface area contributed by atoms with Crippen molar-refractivity contribution < 1.29 is 69.5 Å². The number of aliphatic hydroxyl groups excluding tert-OH is 1. The van der Waals surface area contributed by atoms with Gasteiger partial charge in [-0.05, 0) is 20.8 Å². The summed E-state index contributed by atoms with van der Waals surface area (Å²) >= 11 is 0. The molecule has 0 spiro atoms. The number of amides is 2. The molecule has 1 aliphatic heterocycles. The Bertz CT molecular complexity index is 1050. The van der Waals surface area contributed by atoms with E-state index in [4.69, 9.17) is 4.74 Å². The molecule has 0 bridgehead atoms. The lowest BCUT2D eigenvalue weighted by Crippen LogP contribution is -2.89. The van der Waals surface area contributed by atoms with E-state index in [-0.39, 0.29) is 16.2 Å². The molecule has 41 heavy (non-hydrogen) atoms. The monoisotopic (exact) mass is 597 g/mol. The van der Waals surface area contributed by atoms with Gasteiger partial charge in [0.05, 0.1) is 12.5 Å². The van der Waals surface area contributed by atoms with Gasteiger partial charge in [0, 0.05) is 32.4 Å². The Balaban J connectivity index is 2.96. The van der Waals surface area contributed by atoms with Crippen LogP contribution in [-0.2, 0) is 19.1 Å². The van der Waals surface area contributed by atoms with Crippen molar-refractivity contribution in [3.05, 3.63) is 11.9 Å². The molecule has 0 aromatic heterocycles. The highest BCUT2D eigenvalue weighted by molar-refractivity contribution is 5.94. The van der Waals surface area contributed by atoms with Crippen LogP contribution in [0.3, 0.4) is 0 Å². The minimum Gasteiger partial charge on any atom is -0.380 e. The number of carbonyl (C=O) groups excluding carboxylic acids is 3. The average molecular weight is 598 g/mol. The van der Waals surface area contributed by atoms with Gasteiger partial charge in [-0.2, -0.15) is 0 Å². The zero-order chi connectivity index (χ0) is 32.1. The van der Waals surface area contributed by atoms with Gasteiger partial charge >= 0.3 is 0 Å². The lowest BCUT2D eigenvalue weighted by atomic mass is 9.66. The Hall–Kier alpha value is -2.16. The van der Waals surface area contributed by atoms with Crippen LogP contribution < -0.4 is 5.32 Å². The summed E-state index contributed by atoms with van der Waals surface area (Å²) in [7, 11) is 1.08. The molecular formula is C24H40FN3O13. The summed E-state index contributed by atoms with van der Waals surface area (Å²) in [6.45, 7) is 3.80. The maximum absolute atomic E-state index is 14.5. The summed E-state index contributed by atoms with van der Waals surface area (Å²) in [5.74, 6) is -13.6. The van der Waals surface area contributed by atoms with E-state index in [1.54, 1.807) is 0 Å².